The van der Waals surface area contributed by atoms with Crippen molar-refractivity contribution in [1.29, 1.82) is 0 Å². The van der Waals surface area contributed by atoms with Crippen molar-refractivity contribution in [3.05, 3.63) is 57.5 Å². The van der Waals surface area contributed by atoms with Gasteiger partial charge in [0.1, 0.15) is 17.3 Å². The SMILES string of the molecule is COc1ccc(F)cc1/C(O)=C1/C(=O)C(=O)N(CCOC(C)C)C1c1cccs1. The minimum atomic E-state index is -0.822. The molecule has 29 heavy (non-hydrogen) atoms. The summed E-state index contributed by atoms with van der Waals surface area (Å²) in [5.74, 6) is -2.42. The van der Waals surface area contributed by atoms with Crippen molar-refractivity contribution in [1.82, 2.24) is 4.90 Å². The van der Waals surface area contributed by atoms with E-state index >= 15 is 0 Å². The van der Waals surface area contributed by atoms with Crippen LogP contribution in [0.2, 0.25) is 0 Å². The standard InChI is InChI=1S/C21H22FNO5S/c1-12(2)28-9-8-23-18(16-5-4-10-29-16)17(20(25)21(23)26)19(24)14-11-13(22)6-7-15(14)27-3/h4-7,10-12,18,24H,8-9H2,1-3H3/b19-17-. The highest BCUT2D eigenvalue weighted by atomic mass is 32.1. The average Bonchev–Trinajstić information content (AvgIpc) is 3.29. The lowest BCUT2D eigenvalue weighted by Crippen LogP contribution is -2.33. The number of halogens is 1. The number of hydrogen-bond donors (Lipinski definition) is 1. The van der Waals surface area contributed by atoms with E-state index in [0.717, 1.165) is 6.07 Å². The summed E-state index contributed by atoms with van der Waals surface area (Å²) >= 11 is 1.36. The van der Waals surface area contributed by atoms with E-state index in [9.17, 15) is 19.1 Å². The van der Waals surface area contributed by atoms with Crippen molar-refractivity contribution >= 4 is 28.8 Å². The van der Waals surface area contributed by atoms with Crippen LogP contribution in [0.5, 0.6) is 5.75 Å². The van der Waals surface area contributed by atoms with Crippen LogP contribution >= 0.6 is 11.3 Å². The largest absolute Gasteiger partial charge is 0.507 e. The third kappa shape index (κ3) is 4.18. The third-order valence-corrected chi connectivity index (χ3v) is 5.48. The van der Waals surface area contributed by atoms with Gasteiger partial charge in [-0.2, -0.15) is 0 Å². The number of aliphatic hydroxyl groups excluding tert-OH is 1. The van der Waals surface area contributed by atoms with Gasteiger partial charge in [-0.05, 0) is 43.5 Å². The van der Waals surface area contributed by atoms with Crippen LogP contribution in [0.3, 0.4) is 0 Å². The Morgan fingerprint density at radius 2 is 2.07 bits per heavy atom. The number of aliphatic hydroxyl groups is 1. The molecule has 2 heterocycles. The Kier molecular flexibility index (Phi) is 6.34. The second-order valence-corrected chi connectivity index (χ2v) is 7.75. The monoisotopic (exact) mass is 419 g/mol. The van der Waals surface area contributed by atoms with Gasteiger partial charge in [0.25, 0.3) is 11.7 Å². The molecule has 1 aliphatic heterocycles. The first-order chi connectivity index (χ1) is 13.8. The molecule has 1 fully saturated rings. The number of benzene rings is 1. The van der Waals surface area contributed by atoms with Crippen LogP contribution < -0.4 is 4.74 Å². The van der Waals surface area contributed by atoms with Crippen LogP contribution in [0.15, 0.2) is 41.3 Å². The zero-order chi connectivity index (χ0) is 21.1. The first kappa shape index (κ1) is 21.0. The van der Waals surface area contributed by atoms with Gasteiger partial charge in [-0.3, -0.25) is 9.59 Å². The van der Waals surface area contributed by atoms with Gasteiger partial charge in [0.2, 0.25) is 0 Å². The van der Waals surface area contributed by atoms with Gasteiger partial charge in [-0.15, -0.1) is 11.3 Å². The van der Waals surface area contributed by atoms with Gasteiger partial charge in [0.05, 0.1) is 37.0 Å². The first-order valence-electron chi connectivity index (χ1n) is 9.12. The maximum absolute atomic E-state index is 13.8. The molecular weight excluding hydrogens is 397 g/mol. The molecule has 1 aromatic carbocycles. The summed E-state index contributed by atoms with van der Waals surface area (Å²) in [5, 5.41) is 12.8. The smallest absolute Gasteiger partial charge is 0.295 e. The van der Waals surface area contributed by atoms with Gasteiger partial charge in [0, 0.05) is 11.4 Å². The van der Waals surface area contributed by atoms with E-state index in [0.29, 0.717) is 4.88 Å². The van der Waals surface area contributed by atoms with Crippen LogP contribution in [-0.2, 0) is 14.3 Å². The molecule has 1 saturated heterocycles. The summed E-state index contributed by atoms with van der Waals surface area (Å²) in [6.45, 7) is 4.18. The average molecular weight is 419 g/mol. The van der Waals surface area contributed by atoms with E-state index < -0.39 is 29.3 Å². The van der Waals surface area contributed by atoms with Gasteiger partial charge in [-0.25, -0.2) is 4.39 Å². The first-order valence-corrected chi connectivity index (χ1v) is 10.0. The predicted octanol–water partition coefficient (Wildman–Crippen LogP) is 3.74. The molecule has 0 spiro atoms. The van der Waals surface area contributed by atoms with E-state index in [-0.39, 0.29) is 36.1 Å². The highest BCUT2D eigenvalue weighted by Gasteiger charge is 2.46. The fourth-order valence-electron chi connectivity index (χ4n) is 3.25. The topological polar surface area (TPSA) is 76.1 Å². The number of amides is 1. The number of likely N-dealkylation sites (tertiary alicyclic amines) is 1. The van der Waals surface area contributed by atoms with Gasteiger partial charge < -0.3 is 19.5 Å². The van der Waals surface area contributed by atoms with Crippen LogP contribution in [0.4, 0.5) is 4.39 Å². The summed E-state index contributed by atoms with van der Waals surface area (Å²) in [4.78, 5) is 27.7. The zero-order valence-electron chi connectivity index (χ0n) is 16.3. The molecule has 154 valence electrons. The second kappa shape index (κ2) is 8.75. The van der Waals surface area contributed by atoms with Crippen molar-refractivity contribution in [2.45, 2.75) is 26.0 Å². The number of ether oxygens (including phenoxy) is 2. The van der Waals surface area contributed by atoms with Crippen molar-refractivity contribution in [3.63, 3.8) is 0 Å². The Bertz CT molecular complexity index is 939. The summed E-state index contributed by atoms with van der Waals surface area (Å²) in [6, 6.07) is 6.43. The Labute approximate surface area is 172 Å². The van der Waals surface area contributed by atoms with Crippen molar-refractivity contribution in [3.8, 4) is 5.75 Å². The fraction of sp³-hybridized carbons (Fsp3) is 0.333. The molecule has 0 radical (unpaired) electrons. The number of ketones is 1. The lowest BCUT2D eigenvalue weighted by molar-refractivity contribution is -0.140. The van der Waals surface area contributed by atoms with Crippen molar-refractivity contribution in [2.75, 3.05) is 20.3 Å². The predicted molar refractivity (Wildman–Crippen MR) is 107 cm³/mol. The molecule has 0 saturated carbocycles. The molecule has 1 aliphatic rings. The number of Topliss-reactive ketones (excluding diaryl/α,β-unsaturated/α-hetero) is 1. The molecule has 1 unspecified atom stereocenters. The highest BCUT2D eigenvalue weighted by molar-refractivity contribution is 7.10. The molecule has 0 bridgehead atoms. The van der Waals surface area contributed by atoms with E-state index in [1.54, 1.807) is 12.1 Å². The lowest BCUT2D eigenvalue weighted by atomic mass is 9.99. The van der Waals surface area contributed by atoms with Gasteiger partial charge in [0.15, 0.2) is 0 Å². The van der Waals surface area contributed by atoms with Gasteiger partial charge in [-0.1, -0.05) is 6.07 Å². The van der Waals surface area contributed by atoms with E-state index in [1.807, 2.05) is 19.2 Å². The molecular formula is C21H22FNO5S. The van der Waals surface area contributed by atoms with E-state index in [4.69, 9.17) is 9.47 Å². The molecule has 1 N–H and O–H groups in total. The maximum atomic E-state index is 13.8. The number of rotatable bonds is 7. The van der Waals surface area contributed by atoms with E-state index in [1.165, 1.54) is 35.5 Å². The minimum Gasteiger partial charge on any atom is -0.507 e. The van der Waals surface area contributed by atoms with Crippen LogP contribution in [0.25, 0.3) is 5.76 Å². The molecule has 0 aliphatic carbocycles. The molecule has 3 rings (SSSR count). The second-order valence-electron chi connectivity index (χ2n) is 6.77. The van der Waals surface area contributed by atoms with Crippen molar-refractivity contribution in [2.24, 2.45) is 0 Å². The Morgan fingerprint density at radius 3 is 2.69 bits per heavy atom. The Hall–Kier alpha value is -2.71. The van der Waals surface area contributed by atoms with Gasteiger partial charge >= 0.3 is 0 Å². The molecule has 1 aromatic heterocycles. The number of carbonyl (C=O) groups is 2. The number of methoxy groups -OCH3 is 1. The van der Waals surface area contributed by atoms with Crippen LogP contribution in [-0.4, -0.2) is 48.1 Å². The van der Waals surface area contributed by atoms with Crippen LogP contribution in [0, 0.1) is 5.82 Å². The minimum absolute atomic E-state index is 0.0190. The normalized spacial score (nSPS) is 18.7. The number of thiophene rings is 1. The Morgan fingerprint density at radius 1 is 1.31 bits per heavy atom. The fourth-order valence-corrected chi connectivity index (χ4v) is 4.10. The number of nitrogens with zero attached hydrogens (tertiary/aromatic N) is 1. The summed E-state index contributed by atoms with van der Waals surface area (Å²) in [7, 11) is 1.38. The molecule has 6 nitrogen and oxygen atoms in total. The van der Waals surface area contributed by atoms with Crippen molar-refractivity contribution < 1.29 is 28.6 Å². The molecule has 1 amide bonds. The number of carbonyl (C=O) groups excluding carboxylic acids is 2. The highest BCUT2D eigenvalue weighted by Crippen LogP contribution is 2.42. The third-order valence-electron chi connectivity index (χ3n) is 4.55. The molecule has 1 atom stereocenters. The summed E-state index contributed by atoms with van der Waals surface area (Å²) in [6.07, 6.45) is -0.0245. The summed E-state index contributed by atoms with van der Waals surface area (Å²) < 4.78 is 24.6. The Balaban J connectivity index is 2.10. The van der Waals surface area contributed by atoms with Crippen LogP contribution in [0.1, 0.15) is 30.3 Å². The quantitative estimate of drug-likeness (QED) is 0.420. The number of hydrogen-bond acceptors (Lipinski definition) is 6. The zero-order valence-corrected chi connectivity index (χ0v) is 17.2. The summed E-state index contributed by atoms with van der Waals surface area (Å²) in [5.41, 5.74) is -0.0728. The lowest BCUT2D eigenvalue weighted by Gasteiger charge is -2.24. The molecule has 8 heteroatoms. The van der Waals surface area contributed by atoms with E-state index in [2.05, 4.69) is 0 Å². The maximum Gasteiger partial charge on any atom is 0.295 e. The molecule has 2 aromatic rings.